The van der Waals surface area contributed by atoms with Gasteiger partial charge in [0.25, 0.3) is 0 Å². The Hall–Kier alpha value is 0.280. The number of aryl methyl sites for hydroxylation is 2. The SMILES string of the molecule is CCCCCCCCCCc1ccsc1C(=S)SSC(=S)c1sccc1CCCCCCCCCC. The molecule has 0 nitrogen and oxygen atoms in total. The van der Waals surface area contributed by atoms with Crippen LogP contribution < -0.4 is 0 Å². The monoisotopic (exact) mass is 598 g/mol. The van der Waals surface area contributed by atoms with Crippen LogP contribution in [-0.4, -0.2) is 8.39 Å². The second-order valence-electron chi connectivity index (χ2n) is 9.74. The molecule has 0 aromatic carbocycles. The summed E-state index contributed by atoms with van der Waals surface area (Å²) in [6, 6.07) is 4.55. The van der Waals surface area contributed by atoms with Gasteiger partial charge in [-0.2, -0.15) is 0 Å². The van der Waals surface area contributed by atoms with Gasteiger partial charge in [0.2, 0.25) is 0 Å². The minimum absolute atomic E-state index is 0.994. The maximum Gasteiger partial charge on any atom is 0.0991 e. The van der Waals surface area contributed by atoms with E-state index in [-0.39, 0.29) is 0 Å². The van der Waals surface area contributed by atoms with Crippen molar-refractivity contribution in [1.82, 2.24) is 0 Å². The molecule has 0 radical (unpaired) electrons. The van der Waals surface area contributed by atoms with E-state index in [4.69, 9.17) is 24.4 Å². The fourth-order valence-corrected chi connectivity index (χ4v) is 9.58. The van der Waals surface area contributed by atoms with Gasteiger partial charge in [0, 0.05) is 0 Å². The Labute approximate surface area is 248 Å². The summed E-state index contributed by atoms with van der Waals surface area (Å²) in [6.45, 7) is 4.57. The number of thiocarbonyl (C=S) groups is 2. The molecule has 0 aliphatic heterocycles. The number of hydrogen-bond acceptors (Lipinski definition) is 6. The zero-order valence-corrected chi connectivity index (χ0v) is 27.4. The summed E-state index contributed by atoms with van der Waals surface area (Å²) in [7, 11) is 3.37. The van der Waals surface area contributed by atoms with Crippen molar-refractivity contribution in [3.63, 3.8) is 0 Å². The van der Waals surface area contributed by atoms with Crippen molar-refractivity contribution in [3.05, 3.63) is 43.8 Å². The van der Waals surface area contributed by atoms with Crippen LogP contribution in [0.1, 0.15) is 137 Å². The van der Waals surface area contributed by atoms with E-state index in [1.54, 1.807) is 44.3 Å². The van der Waals surface area contributed by atoms with Crippen LogP contribution >= 0.6 is 68.7 Å². The summed E-state index contributed by atoms with van der Waals surface area (Å²) in [5.74, 6) is 0. The molecule has 0 unspecified atom stereocenters. The first kappa shape index (κ1) is 32.5. The van der Waals surface area contributed by atoms with E-state index >= 15 is 0 Å². The lowest BCUT2D eigenvalue weighted by atomic mass is 10.0. The molecule has 36 heavy (non-hydrogen) atoms. The summed E-state index contributed by atoms with van der Waals surface area (Å²) in [4.78, 5) is 2.58. The van der Waals surface area contributed by atoms with Crippen molar-refractivity contribution in [3.8, 4) is 0 Å². The number of unbranched alkanes of at least 4 members (excludes halogenated alkanes) is 14. The molecule has 2 aromatic heterocycles. The minimum Gasteiger partial charge on any atom is -0.142 e. The molecule has 2 aromatic rings. The largest absolute Gasteiger partial charge is 0.142 e. The highest BCUT2D eigenvalue weighted by Crippen LogP contribution is 2.36. The van der Waals surface area contributed by atoms with Gasteiger partial charge >= 0.3 is 0 Å². The summed E-state index contributed by atoms with van der Waals surface area (Å²) in [6.07, 6.45) is 24.1. The Morgan fingerprint density at radius 1 is 0.556 bits per heavy atom. The lowest BCUT2D eigenvalue weighted by molar-refractivity contribution is 0.575. The quantitative estimate of drug-likeness (QED) is 0.0844. The van der Waals surface area contributed by atoms with Gasteiger partial charge in [-0.3, -0.25) is 0 Å². The van der Waals surface area contributed by atoms with Crippen LogP contribution in [0.4, 0.5) is 0 Å². The van der Waals surface area contributed by atoms with Gasteiger partial charge < -0.3 is 0 Å². The number of rotatable bonds is 20. The lowest BCUT2D eigenvalue weighted by Gasteiger charge is -2.08. The van der Waals surface area contributed by atoms with Crippen molar-refractivity contribution in [1.29, 1.82) is 0 Å². The molecule has 0 amide bonds. The van der Waals surface area contributed by atoms with Crippen LogP contribution in [0.3, 0.4) is 0 Å². The Morgan fingerprint density at radius 3 is 1.25 bits per heavy atom. The number of thiophene rings is 2. The molecular formula is C30H46S6. The molecule has 0 atom stereocenters. The summed E-state index contributed by atoms with van der Waals surface area (Å²) in [5.41, 5.74) is 2.86. The van der Waals surface area contributed by atoms with Crippen molar-refractivity contribution < 1.29 is 0 Å². The topological polar surface area (TPSA) is 0 Å². The van der Waals surface area contributed by atoms with E-state index in [0.29, 0.717) is 0 Å². The fourth-order valence-electron chi connectivity index (χ4n) is 4.47. The molecule has 6 heteroatoms. The lowest BCUT2D eigenvalue weighted by Crippen LogP contribution is -1.96. The Morgan fingerprint density at radius 2 is 0.889 bits per heavy atom. The van der Waals surface area contributed by atoms with Crippen molar-refractivity contribution in [2.24, 2.45) is 0 Å². The van der Waals surface area contributed by atoms with Crippen LogP contribution in [-0.2, 0) is 12.8 Å². The first-order chi connectivity index (χ1) is 17.7. The third-order valence-electron chi connectivity index (χ3n) is 6.66. The predicted molar refractivity (Wildman–Crippen MR) is 180 cm³/mol. The van der Waals surface area contributed by atoms with Gasteiger partial charge in [0.15, 0.2) is 0 Å². The molecule has 0 N–H and O–H groups in total. The molecule has 0 aliphatic carbocycles. The standard InChI is InChI=1S/C30H46S6/c1-3-5-7-9-11-13-15-17-19-25-21-23-33-27(25)29(31)35-36-30(32)28-26(22-24-34-28)20-18-16-14-12-10-8-6-4-2/h21-24H,3-20H2,1-2H3. The fraction of sp³-hybridized carbons (Fsp3) is 0.667. The molecule has 0 saturated heterocycles. The first-order valence-electron chi connectivity index (χ1n) is 14.2. The van der Waals surface area contributed by atoms with E-state index < -0.39 is 0 Å². The molecule has 0 spiro atoms. The highest BCUT2D eigenvalue weighted by atomic mass is 33.1. The van der Waals surface area contributed by atoms with E-state index in [0.717, 1.165) is 21.2 Å². The summed E-state index contributed by atoms with van der Waals surface area (Å²) in [5, 5.41) is 4.40. The van der Waals surface area contributed by atoms with Crippen LogP contribution in [0.15, 0.2) is 22.9 Å². The minimum atomic E-state index is 0.994. The molecule has 0 bridgehead atoms. The Kier molecular flexibility index (Phi) is 19.1. The van der Waals surface area contributed by atoms with Gasteiger partial charge in [0.05, 0.1) is 18.1 Å². The maximum atomic E-state index is 5.84. The van der Waals surface area contributed by atoms with E-state index in [9.17, 15) is 0 Å². The number of hydrogen-bond donors (Lipinski definition) is 0. The van der Waals surface area contributed by atoms with Gasteiger partial charge in [-0.05, 0) is 81.3 Å². The van der Waals surface area contributed by atoms with Crippen LogP contribution in [0.2, 0.25) is 0 Å². The molecular weight excluding hydrogens is 553 g/mol. The average Bonchev–Trinajstić information content (AvgIpc) is 3.55. The molecule has 0 aliphatic rings. The third-order valence-corrected chi connectivity index (χ3v) is 12.7. The normalized spacial score (nSPS) is 11.3. The molecule has 202 valence electrons. The Balaban J connectivity index is 1.67. The second-order valence-corrected chi connectivity index (χ2v) is 15.1. The smallest absolute Gasteiger partial charge is 0.0991 e. The molecule has 2 heterocycles. The van der Waals surface area contributed by atoms with E-state index in [1.807, 2.05) is 0 Å². The maximum absolute atomic E-state index is 5.84. The highest BCUT2D eigenvalue weighted by molar-refractivity contribution is 8.90. The zero-order valence-electron chi connectivity index (χ0n) is 22.5. The summed E-state index contributed by atoms with van der Waals surface area (Å²) >= 11 is 15.3. The Bertz CT molecular complexity index is 779. The predicted octanol–water partition coefficient (Wildman–Crippen LogP) is 12.6. The van der Waals surface area contributed by atoms with E-state index in [1.165, 1.54) is 124 Å². The molecule has 0 fully saturated rings. The second kappa shape index (κ2) is 21.1. The van der Waals surface area contributed by atoms with Gasteiger partial charge in [-0.25, -0.2) is 0 Å². The highest BCUT2D eigenvalue weighted by Gasteiger charge is 2.15. The first-order valence-corrected chi connectivity index (χ1v) is 19.0. The van der Waals surface area contributed by atoms with Crippen LogP contribution in [0.5, 0.6) is 0 Å². The van der Waals surface area contributed by atoms with Crippen molar-refractivity contribution >= 4 is 77.1 Å². The molecule has 0 saturated carbocycles. The third kappa shape index (κ3) is 13.4. The zero-order chi connectivity index (χ0) is 25.8. The average molecular weight is 599 g/mol. The van der Waals surface area contributed by atoms with Crippen molar-refractivity contribution in [2.75, 3.05) is 0 Å². The van der Waals surface area contributed by atoms with Gasteiger partial charge in [0.1, 0.15) is 0 Å². The van der Waals surface area contributed by atoms with Gasteiger partial charge in [-0.15, -0.1) is 22.7 Å². The van der Waals surface area contributed by atoms with Crippen molar-refractivity contribution in [2.45, 2.75) is 129 Å². The van der Waals surface area contributed by atoms with Crippen LogP contribution in [0.25, 0.3) is 0 Å². The van der Waals surface area contributed by atoms with Crippen LogP contribution in [0, 0.1) is 0 Å². The van der Waals surface area contributed by atoms with Gasteiger partial charge in [-0.1, -0.05) is 128 Å². The van der Waals surface area contributed by atoms with E-state index in [2.05, 4.69) is 36.7 Å². The summed E-state index contributed by atoms with van der Waals surface area (Å²) < 4.78 is 1.99. The molecule has 2 rings (SSSR count).